The Kier molecular flexibility index (Phi) is 3.47. The van der Waals surface area contributed by atoms with Crippen molar-refractivity contribution in [2.24, 2.45) is 0 Å². The van der Waals surface area contributed by atoms with Gasteiger partial charge in [-0.25, -0.2) is 4.98 Å². The van der Waals surface area contributed by atoms with Crippen molar-refractivity contribution in [2.45, 2.75) is 33.1 Å². The average molecular weight is 256 g/mol. The predicted molar refractivity (Wildman–Crippen MR) is 78.6 cm³/mol. The monoisotopic (exact) mass is 256 g/mol. The SMILES string of the molecule is Cc1cnc(Oc2cccc(C(C)(C)C)c2)c(N)c1. The lowest BCUT2D eigenvalue weighted by atomic mass is 9.87. The van der Waals surface area contributed by atoms with Crippen LogP contribution in [0.15, 0.2) is 36.5 Å². The Morgan fingerprint density at radius 3 is 2.53 bits per heavy atom. The van der Waals surface area contributed by atoms with Gasteiger partial charge in [0.1, 0.15) is 5.75 Å². The van der Waals surface area contributed by atoms with E-state index in [0.29, 0.717) is 11.6 Å². The van der Waals surface area contributed by atoms with E-state index in [2.05, 4.69) is 31.8 Å². The topological polar surface area (TPSA) is 48.1 Å². The van der Waals surface area contributed by atoms with Crippen LogP contribution in [0.2, 0.25) is 0 Å². The summed E-state index contributed by atoms with van der Waals surface area (Å²) < 4.78 is 5.76. The maximum absolute atomic E-state index is 5.91. The number of nitrogens with two attached hydrogens (primary N) is 1. The van der Waals surface area contributed by atoms with E-state index in [0.717, 1.165) is 11.3 Å². The standard InChI is InChI=1S/C16H20N2O/c1-11-8-14(17)15(18-10-11)19-13-7-5-6-12(9-13)16(2,3)4/h5-10H,17H2,1-4H3. The van der Waals surface area contributed by atoms with Gasteiger partial charge in [0.25, 0.3) is 0 Å². The quantitative estimate of drug-likeness (QED) is 0.881. The second-order valence-electron chi connectivity index (χ2n) is 5.79. The van der Waals surface area contributed by atoms with Crippen LogP contribution in [0.1, 0.15) is 31.9 Å². The number of ether oxygens (including phenoxy) is 1. The third-order valence-electron chi connectivity index (χ3n) is 2.93. The first-order chi connectivity index (χ1) is 8.86. The van der Waals surface area contributed by atoms with Gasteiger partial charge in [0.15, 0.2) is 0 Å². The molecule has 19 heavy (non-hydrogen) atoms. The van der Waals surface area contributed by atoms with E-state index in [9.17, 15) is 0 Å². The van der Waals surface area contributed by atoms with Crippen molar-refractivity contribution in [3.8, 4) is 11.6 Å². The van der Waals surface area contributed by atoms with Gasteiger partial charge in [0, 0.05) is 6.20 Å². The third-order valence-corrected chi connectivity index (χ3v) is 2.93. The number of aryl methyl sites for hydroxylation is 1. The molecule has 0 saturated carbocycles. The summed E-state index contributed by atoms with van der Waals surface area (Å²) in [4.78, 5) is 4.22. The molecule has 100 valence electrons. The highest BCUT2D eigenvalue weighted by atomic mass is 16.5. The van der Waals surface area contributed by atoms with E-state index in [1.165, 1.54) is 5.56 Å². The average Bonchev–Trinajstić information content (AvgIpc) is 2.32. The van der Waals surface area contributed by atoms with Gasteiger partial charge < -0.3 is 10.5 Å². The molecule has 0 saturated heterocycles. The summed E-state index contributed by atoms with van der Waals surface area (Å²) in [7, 11) is 0. The number of hydrogen-bond donors (Lipinski definition) is 1. The van der Waals surface area contributed by atoms with Gasteiger partial charge in [0.05, 0.1) is 5.69 Å². The number of pyridine rings is 1. The van der Waals surface area contributed by atoms with E-state index in [-0.39, 0.29) is 5.41 Å². The molecule has 0 fully saturated rings. The van der Waals surface area contributed by atoms with E-state index in [1.807, 2.05) is 31.2 Å². The van der Waals surface area contributed by atoms with Crippen LogP contribution in [0.4, 0.5) is 5.69 Å². The molecule has 2 aromatic rings. The maximum atomic E-state index is 5.91. The lowest BCUT2D eigenvalue weighted by Crippen LogP contribution is -2.10. The summed E-state index contributed by atoms with van der Waals surface area (Å²) in [5.74, 6) is 1.21. The van der Waals surface area contributed by atoms with Gasteiger partial charge in [-0.2, -0.15) is 0 Å². The molecule has 1 aromatic carbocycles. The number of nitrogen functional groups attached to an aromatic ring is 1. The van der Waals surface area contributed by atoms with Crippen LogP contribution in [0.3, 0.4) is 0 Å². The van der Waals surface area contributed by atoms with Crippen molar-refractivity contribution < 1.29 is 4.74 Å². The Morgan fingerprint density at radius 1 is 1.16 bits per heavy atom. The number of aromatic nitrogens is 1. The summed E-state index contributed by atoms with van der Waals surface area (Å²) in [6.45, 7) is 8.47. The Balaban J connectivity index is 2.29. The number of anilines is 1. The van der Waals surface area contributed by atoms with E-state index >= 15 is 0 Å². The smallest absolute Gasteiger partial charge is 0.242 e. The first kappa shape index (κ1) is 13.4. The highest BCUT2D eigenvalue weighted by Crippen LogP contribution is 2.29. The largest absolute Gasteiger partial charge is 0.437 e. The van der Waals surface area contributed by atoms with Gasteiger partial charge in [-0.1, -0.05) is 32.9 Å². The van der Waals surface area contributed by atoms with Crippen LogP contribution in [0.25, 0.3) is 0 Å². The van der Waals surface area contributed by atoms with E-state index in [4.69, 9.17) is 10.5 Å². The molecular formula is C16H20N2O. The molecule has 0 amide bonds. The van der Waals surface area contributed by atoms with Gasteiger partial charge in [-0.3, -0.25) is 0 Å². The molecule has 1 aromatic heterocycles. The second kappa shape index (κ2) is 4.92. The normalized spacial score (nSPS) is 11.4. The molecule has 0 aliphatic carbocycles. The molecule has 0 radical (unpaired) electrons. The Labute approximate surface area is 114 Å². The Hall–Kier alpha value is -2.03. The Bertz CT molecular complexity index is 586. The zero-order chi connectivity index (χ0) is 14.0. The maximum Gasteiger partial charge on any atom is 0.242 e. The minimum absolute atomic E-state index is 0.0889. The molecule has 0 aliphatic rings. The fourth-order valence-corrected chi connectivity index (χ4v) is 1.80. The summed E-state index contributed by atoms with van der Waals surface area (Å²) >= 11 is 0. The van der Waals surface area contributed by atoms with Crippen LogP contribution in [0, 0.1) is 6.92 Å². The van der Waals surface area contributed by atoms with Crippen molar-refractivity contribution in [1.29, 1.82) is 0 Å². The predicted octanol–water partition coefficient (Wildman–Crippen LogP) is 4.06. The van der Waals surface area contributed by atoms with Crippen molar-refractivity contribution in [3.63, 3.8) is 0 Å². The highest BCUT2D eigenvalue weighted by Gasteiger charge is 2.14. The van der Waals surface area contributed by atoms with Crippen molar-refractivity contribution >= 4 is 5.69 Å². The van der Waals surface area contributed by atoms with Crippen LogP contribution in [-0.4, -0.2) is 4.98 Å². The lowest BCUT2D eigenvalue weighted by Gasteiger charge is -2.19. The fourth-order valence-electron chi connectivity index (χ4n) is 1.80. The van der Waals surface area contributed by atoms with Crippen LogP contribution in [0.5, 0.6) is 11.6 Å². The number of benzene rings is 1. The molecule has 2 rings (SSSR count). The van der Waals surface area contributed by atoms with E-state index < -0.39 is 0 Å². The van der Waals surface area contributed by atoms with E-state index in [1.54, 1.807) is 6.20 Å². The van der Waals surface area contributed by atoms with Crippen LogP contribution >= 0.6 is 0 Å². The van der Waals surface area contributed by atoms with Gasteiger partial charge in [-0.15, -0.1) is 0 Å². The summed E-state index contributed by atoms with van der Waals surface area (Å²) in [6, 6.07) is 9.88. The zero-order valence-corrected chi connectivity index (χ0v) is 11.9. The molecule has 0 atom stereocenters. The second-order valence-corrected chi connectivity index (χ2v) is 5.79. The molecule has 2 N–H and O–H groups in total. The molecule has 0 spiro atoms. The molecule has 0 unspecified atom stereocenters. The van der Waals surface area contributed by atoms with Crippen molar-refractivity contribution in [1.82, 2.24) is 4.98 Å². The summed E-state index contributed by atoms with van der Waals surface area (Å²) in [5.41, 5.74) is 8.79. The number of nitrogens with zero attached hydrogens (tertiary/aromatic N) is 1. The fraction of sp³-hybridized carbons (Fsp3) is 0.312. The van der Waals surface area contributed by atoms with Crippen LogP contribution < -0.4 is 10.5 Å². The van der Waals surface area contributed by atoms with Gasteiger partial charge >= 0.3 is 0 Å². The lowest BCUT2D eigenvalue weighted by molar-refractivity contribution is 0.462. The number of rotatable bonds is 2. The molecule has 3 nitrogen and oxygen atoms in total. The molecular weight excluding hydrogens is 236 g/mol. The highest BCUT2D eigenvalue weighted by molar-refractivity contribution is 5.51. The molecule has 1 heterocycles. The summed E-state index contributed by atoms with van der Waals surface area (Å²) in [6.07, 6.45) is 1.75. The van der Waals surface area contributed by atoms with Gasteiger partial charge in [-0.05, 0) is 41.7 Å². The van der Waals surface area contributed by atoms with Gasteiger partial charge in [0.2, 0.25) is 5.88 Å². The zero-order valence-electron chi connectivity index (χ0n) is 11.9. The molecule has 0 bridgehead atoms. The molecule has 3 heteroatoms. The first-order valence-electron chi connectivity index (χ1n) is 6.37. The van der Waals surface area contributed by atoms with Crippen molar-refractivity contribution in [3.05, 3.63) is 47.7 Å². The van der Waals surface area contributed by atoms with Crippen molar-refractivity contribution in [2.75, 3.05) is 5.73 Å². The van der Waals surface area contributed by atoms with Crippen LogP contribution in [-0.2, 0) is 5.41 Å². The minimum Gasteiger partial charge on any atom is -0.437 e. The number of hydrogen-bond acceptors (Lipinski definition) is 3. The summed E-state index contributed by atoms with van der Waals surface area (Å²) in [5, 5.41) is 0. The third kappa shape index (κ3) is 3.25. The first-order valence-corrected chi connectivity index (χ1v) is 6.37. The minimum atomic E-state index is 0.0889. The Morgan fingerprint density at radius 2 is 1.89 bits per heavy atom. The molecule has 0 aliphatic heterocycles.